The van der Waals surface area contributed by atoms with Gasteiger partial charge in [-0.05, 0) is 37.1 Å². The number of aryl methyl sites for hydroxylation is 2. The molecule has 0 fully saturated rings. The second-order valence-electron chi connectivity index (χ2n) is 3.96. The Kier molecular flexibility index (Phi) is 6.34. The molecule has 3 nitrogen and oxygen atoms in total. The number of methoxy groups -OCH3 is 1. The zero-order chi connectivity index (χ0) is 12.7. The van der Waals surface area contributed by atoms with E-state index >= 15 is 0 Å². The van der Waals surface area contributed by atoms with Gasteiger partial charge in [0.05, 0.1) is 6.61 Å². The standard InChI is InChI=1S/C13H20ClNO2/c1-10-8-12(9-11(2)13(10)14)17-7-5-15-4-6-16-3/h8-9,15H,4-7H2,1-3H3. The zero-order valence-corrected chi connectivity index (χ0v) is 11.4. The zero-order valence-electron chi connectivity index (χ0n) is 10.7. The van der Waals surface area contributed by atoms with Crippen LogP contribution in [0.2, 0.25) is 5.02 Å². The normalized spacial score (nSPS) is 10.6. The van der Waals surface area contributed by atoms with Crippen LogP contribution in [0.5, 0.6) is 5.75 Å². The number of hydrogen-bond acceptors (Lipinski definition) is 3. The predicted molar refractivity (Wildman–Crippen MR) is 71.2 cm³/mol. The first-order chi connectivity index (χ1) is 8.15. The monoisotopic (exact) mass is 257 g/mol. The highest BCUT2D eigenvalue weighted by molar-refractivity contribution is 6.32. The molecule has 0 atom stereocenters. The Hall–Kier alpha value is -0.770. The molecule has 1 N–H and O–H groups in total. The second kappa shape index (κ2) is 7.54. The summed E-state index contributed by atoms with van der Waals surface area (Å²) in [5.74, 6) is 0.873. The lowest BCUT2D eigenvalue weighted by molar-refractivity contribution is 0.197. The van der Waals surface area contributed by atoms with Gasteiger partial charge in [-0.15, -0.1) is 0 Å². The topological polar surface area (TPSA) is 30.5 Å². The van der Waals surface area contributed by atoms with Crippen LogP contribution in [0, 0.1) is 13.8 Å². The molecule has 0 aliphatic rings. The third-order valence-corrected chi connectivity index (χ3v) is 3.04. The maximum atomic E-state index is 6.09. The fraction of sp³-hybridized carbons (Fsp3) is 0.538. The van der Waals surface area contributed by atoms with Crippen molar-refractivity contribution < 1.29 is 9.47 Å². The Morgan fingerprint density at radius 1 is 1.12 bits per heavy atom. The summed E-state index contributed by atoms with van der Waals surface area (Å²) >= 11 is 6.09. The molecule has 0 saturated carbocycles. The lowest BCUT2D eigenvalue weighted by atomic mass is 10.1. The lowest BCUT2D eigenvalue weighted by Crippen LogP contribution is -2.24. The smallest absolute Gasteiger partial charge is 0.119 e. The maximum Gasteiger partial charge on any atom is 0.119 e. The summed E-state index contributed by atoms with van der Waals surface area (Å²) < 4.78 is 10.6. The first-order valence-electron chi connectivity index (χ1n) is 5.74. The van der Waals surface area contributed by atoms with Gasteiger partial charge in [0.1, 0.15) is 12.4 Å². The summed E-state index contributed by atoms with van der Waals surface area (Å²) in [5, 5.41) is 4.04. The van der Waals surface area contributed by atoms with Gasteiger partial charge in [0.25, 0.3) is 0 Å². The molecule has 17 heavy (non-hydrogen) atoms. The van der Waals surface area contributed by atoms with Crippen LogP contribution in [0.25, 0.3) is 0 Å². The van der Waals surface area contributed by atoms with Gasteiger partial charge in [-0.3, -0.25) is 0 Å². The molecule has 0 saturated heterocycles. The molecule has 96 valence electrons. The van der Waals surface area contributed by atoms with Crippen LogP contribution in [0.15, 0.2) is 12.1 Å². The summed E-state index contributed by atoms with van der Waals surface area (Å²) in [4.78, 5) is 0. The Balaban J connectivity index is 2.32. The molecule has 0 aromatic heterocycles. The van der Waals surface area contributed by atoms with Crippen LogP contribution < -0.4 is 10.1 Å². The first kappa shape index (κ1) is 14.3. The van der Waals surface area contributed by atoms with Crippen molar-refractivity contribution in [3.63, 3.8) is 0 Å². The quantitative estimate of drug-likeness (QED) is 0.762. The molecule has 0 bridgehead atoms. The summed E-state index contributed by atoms with van der Waals surface area (Å²) in [5.41, 5.74) is 2.10. The van der Waals surface area contributed by atoms with Crippen molar-refractivity contribution in [1.29, 1.82) is 0 Å². The number of nitrogens with one attached hydrogen (secondary N) is 1. The predicted octanol–water partition coefficient (Wildman–Crippen LogP) is 2.57. The highest BCUT2D eigenvalue weighted by Crippen LogP contribution is 2.25. The van der Waals surface area contributed by atoms with Crippen LogP contribution >= 0.6 is 11.6 Å². The number of ether oxygens (including phenoxy) is 2. The van der Waals surface area contributed by atoms with E-state index in [0.29, 0.717) is 6.61 Å². The van der Waals surface area contributed by atoms with Gasteiger partial charge in [-0.25, -0.2) is 0 Å². The Morgan fingerprint density at radius 3 is 2.29 bits per heavy atom. The van der Waals surface area contributed by atoms with E-state index in [0.717, 1.165) is 41.6 Å². The van der Waals surface area contributed by atoms with E-state index in [1.54, 1.807) is 7.11 Å². The van der Waals surface area contributed by atoms with Gasteiger partial charge >= 0.3 is 0 Å². The maximum absolute atomic E-state index is 6.09. The molecule has 0 radical (unpaired) electrons. The number of rotatable bonds is 7. The van der Waals surface area contributed by atoms with Crippen LogP contribution in [0.1, 0.15) is 11.1 Å². The molecule has 1 rings (SSSR count). The Morgan fingerprint density at radius 2 is 1.71 bits per heavy atom. The molecule has 0 aliphatic heterocycles. The van der Waals surface area contributed by atoms with E-state index in [4.69, 9.17) is 21.1 Å². The van der Waals surface area contributed by atoms with E-state index in [1.165, 1.54) is 0 Å². The van der Waals surface area contributed by atoms with E-state index in [1.807, 2.05) is 26.0 Å². The van der Waals surface area contributed by atoms with Crippen LogP contribution in [-0.4, -0.2) is 33.4 Å². The molecule has 1 aromatic rings. The van der Waals surface area contributed by atoms with Gasteiger partial charge in [-0.1, -0.05) is 11.6 Å². The molecule has 1 aromatic carbocycles. The third kappa shape index (κ3) is 4.94. The van der Waals surface area contributed by atoms with Crippen molar-refractivity contribution in [1.82, 2.24) is 5.32 Å². The van der Waals surface area contributed by atoms with Crippen molar-refractivity contribution in [2.24, 2.45) is 0 Å². The molecular weight excluding hydrogens is 238 g/mol. The van der Waals surface area contributed by atoms with Crippen LogP contribution in [0.3, 0.4) is 0 Å². The van der Waals surface area contributed by atoms with Gasteiger partial charge in [0, 0.05) is 25.2 Å². The molecule has 0 aliphatic carbocycles. The summed E-state index contributed by atoms with van der Waals surface area (Å²) in [6.07, 6.45) is 0. The highest BCUT2D eigenvalue weighted by atomic mass is 35.5. The molecule has 0 amide bonds. The fourth-order valence-electron chi connectivity index (χ4n) is 1.53. The second-order valence-corrected chi connectivity index (χ2v) is 4.34. The number of hydrogen-bond donors (Lipinski definition) is 1. The average Bonchev–Trinajstić information content (AvgIpc) is 2.30. The summed E-state index contributed by atoms with van der Waals surface area (Å²) in [6, 6.07) is 3.93. The number of benzene rings is 1. The molecular formula is C13H20ClNO2. The van der Waals surface area contributed by atoms with Gasteiger partial charge in [-0.2, -0.15) is 0 Å². The largest absolute Gasteiger partial charge is 0.492 e. The first-order valence-corrected chi connectivity index (χ1v) is 6.12. The van der Waals surface area contributed by atoms with Crippen molar-refractivity contribution in [3.05, 3.63) is 28.3 Å². The van der Waals surface area contributed by atoms with E-state index in [-0.39, 0.29) is 0 Å². The van der Waals surface area contributed by atoms with Crippen molar-refractivity contribution >= 4 is 11.6 Å². The van der Waals surface area contributed by atoms with Gasteiger partial charge in [0.2, 0.25) is 0 Å². The van der Waals surface area contributed by atoms with E-state index < -0.39 is 0 Å². The molecule has 0 unspecified atom stereocenters. The average molecular weight is 258 g/mol. The van der Waals surface area contributed by atoms with Crippen molar-refractivity contribution in [2.75, 3.05) is 33.4 Å². The van der Waals surface area contributed by atoms with Crippen LogP contribution in [0.4, 0.5) is 0 Å². The summed E-state index contributed by atoms with van der Waals surface area (Å²) in [6.45, 7) is 6.99. The lowest BCUT2D eigenvalue weighted by Gasteiger charge is -2.10. The Bertz CT molecular complexity index is 332. The fourth-order valence-corrected chi connectivity index (χ4v) is 1.64. The van der Waals surface area contributed by atoms with Gasteiger partial charge in [0.15, 0.2) is 0 Å². The SMILES string of the molecule is COCCNCCOc1cc(C)c(Cl)c(C)c1. The number of halogens is 1. The van der Waals surface area contributed by atoms with Crippen LogP contribution in [-0.2, 0) is 4.74 Å². The van der Waals surface area contributed by atoms with Gasteiger partial charge < -0.3 is 14.8 Å². The van der Waals surface area contributed by atoms with Crippen molar-refractivity contribution in [3.8, 4) is 5.75 Å². The molecule has 4 heteroatoms. The van der Waals surface area contributed by atoms with Crippen molar-refractivity contribution in [2.45, 2.75) is 13.8 Å². The van der Waals surface area contributed by atoms with E-state index in [9.17, 15) is 0 Å². The minimum Gasteiger partial charge on any atom is -0.492 e. The molecule has 0 heterocycles. The minimum absolute atomic E-state index is 0.643. The third-order valence-electron chi connectivity index (χ3n) is 2.44. The minimum atomic E-state index is 0.643. The highest BCUT2D eigenvalue weighted by Gasteiger charge is 2.03. The Labute approximate surface area is 108 Å². The summed E-state index contributed by atoms with van der Waals surface area (Å²) in [7, 11) is 1.69. The van der Waals surface area contributed by atoms with E-state index in [2.05, 4.69) is 5.32 Å². The molecule has 0 spiro atoms.